The summed E-state index contributed by atoms with van der Waals surface area (Å²) in [7, 11) is 0. The molecule has 2 unspecified atom stereocenters. The third-order valence-corrected chi connectivity index (χ3v) is 4.95. The van der Waals surface area contributed by atoms with Crippen molar-refractivity contribution in [3.05, 3.63) is 59.4 Å². The van der Waals surface area contributed by atoms with Gasteiger partial charge in [0.25, 0.3) is 0 Å². The summed E-state index contributed by atoms with van der Waals surface area (Å²) in [6, 6.07) is 11.8. The number of morpholine rings is 1. The zero-order chi connectivity index (χ0) is 22.4. The summed E-state index contributed by atoms with van der Waals surface area (Å²) in [4.78, 5) is 25.9. The number of rotatable bonds is 6. The number of nitrogens with one attached hydrogen (secondary N) is 3. The smallest absolute Gasteiger partial charge is 0.319 e. The Labute approximate surface area is 182 Å². The van der Waals surface area contributed by atoms with E-state index in [0.717, 1.165) is 5.56 Å². The van der Waals surface area contributed by atoms with E-state index in [1.165, 1.54) is 6.07 Å². The van der Waals surface area contributed by atoms with Crippen molar-refractivity contribution in [3.8, 4) is 0 Å². The highest BCUT2D eigenvalue weighted by molar-refractivity contribution is 5.92. The van der Waals surface area contributed by atoms with Crippen molar-refractivity contribution in [2.24, 2.45) is 0 Å². The average molecular weight is 429 g/mol. The van der Waals surface area contributed by atoms with Crippen LogP contribution in [0.4, 0.5) is 20.6 Å². The molecule has 2 atom stereocenters. The van der Waals surface area contributed by atoms with Gasteiger partial charge in [-0.3, -0.25) is 4.79 Å². The molecule has 1 saturated heterocycles. The molecule has 0 spiro atoms. The van der Waals surface area contributed by atoms with Gasteiger partial charge in [-0.1, -0.05) is 18.2 Å². The van der Waals surface area contributed by atoms with Crippen LogP contribution in [0, 0.1) is 12.7 Å². The van der Waals surface area contributed by atoms with E-state index in [1.807, 2.05) is 43.9 Å². The molecule has 1 heterocycles. The van der Waals surface area contributed by atoms with Gasteiger partial charge in [0.05, 0.1) is 24.4 Å². The number of ether oxygens (including phenoxy) is 1. The summed E-state index contributed by atoms with van der Waals surface area (Å²) in [5.74, 6) is -0.691. The van der Waals surface area contributed by atoms with Gasteiger partial charge >= 0.3 is 6.03 Å². The quantitative estimate of drug-likeness (QED) is 0.660. The second-order valence-corrected chi connectivity index (χ2v) is 7.90. The molecule has 0 bridgehead atoms. The molecule has 2 aromatic carbocycles. The number of aryl methyl sites for hydroxylation is 1. The molecule has 8 heteroatoms. The maximum Gasteiger partial charge on any atom is 0.319 e. The standard InChI is InChI=1S/C23H29FN4O3/c1-15-5-4-6-19(9-15)27-23(30)26-12-22(29)25-11-18-7-8-21(20(24)10-18)28-13-16(2)31-17(3)14-28/h4-10,16-17H,11-14H2,1-3H3,(H,25,29)(H2,26,27,30). The normalized spacial score (nSPS) is 18.4. The van der Waals surface area contributed by atoms with Crippen LogP contribution < -0.4 is 20.9 Å². The maximum absolute atomic E-state index is 14.6. The first-order valence-electron chi connectivity index (χ1n) is 10.4. The number of anilines is 2. The van der Waals surface area contributed by atoms with Crippen LogP contribution in [-0.2, 0) is 16.1 Å². The van der Waals surface area contributed by atoms with Crippen molar-refractivity contribution in [3.63, 3.8) is 0 Å². The number of halogens is 1. The average Bonchev–Trinajstić information content (AvgIpc) is 2.70. The van der Waals surface area contributed by atoms with Gasteiger partial charge in [0, 0.05) is 25.3 Å². The summed E-state index contributed by atoms with van der Waals surface area (Å²) in [5, 5.41) is 7.86. The van der Waals surface area contributed by atoms with E-state index in [-0.39, 0.29) is 37.0 Å². The Morgan fingerprint density at radius 2 is 1.84 bits per heavy atom. The first kappa shape index (κ1) is 22.6. The van der Waals surface area contributed by atoms with E-state index in [1.54, 1.807) is 18.2 Å². The zero-order valence-electron chi connectivity index (χ0n) is 18.1. The highest BCUT2D eigenvalue weighted by atomic mass is 19.1. The van der Waals surface area contributed by atoms with E-state index < -0.39 is 6.03 Å². The van der Waals surface area contributed by atoms with Crippen molar-refractivity contribution < 1.29 is 18.7 Å². The number of nitrogens with zero attached hydrogens (tertiary/aromatic N) is 1. The minimum atomic E-state index is -0.467. The fraction of sp³-hybridized carbons (Fsp3) is 0.391. The van der Waals surface area contributed by atoms with E-state index >= 15 is 0 Å². The van der Waals surface area contributed by atoms with Crippen LogP contribution in [0.3, 0.4) is 0 Å². The zero-order valence-corrected chi connectivity index (χ0v) is 18.1. The number of hydrogen-bond acceptors (Lipinski definition) is 4. The Morgan fingerprint density at radius 1 is 1.10 bits per heavy atom. The molecular formula is C23H29FN4O3. The summed E-state index contributed by atoms with van der Waals surface area (Å²) >= 11 is 0. The van der Waals surface area contributed by atoms with Crippen molar-refractivity contribution in [2.75, 3.05) is 29.9 Å². The SMILES string of the molecule is Cc1cccc(NC(=O)NCC(=O)NCc2ccc(N3CC(C)OC(C)C3)c(F)c2)c1. The first-order chi connectivity index (χ1) is 14.8. The Kier molecular flexibility index (Phi) is 7.46. The molecule has 31 heavy (non-hydrogen) atoms. The fourth-order valence-corrected chi connectivity index (χ4v) is 3.61. The maximum atomic E-state index is 14.6. The van der Waals surface area contributed by atoms with E-state index in [4.69, 9.17) is 4.74 Å². The number of amides is 3. The van der Waals surface area contributed by atoms with Crippen molar-refractivity contribution in [1.82, 2.24) is 10.6 Å². The molecule has 7 nitrogen and oxygen atoms in total. The van der Waals surface area contributed by atoms with Gasteiger partial charge in [-0.05, 0) is 56.2 Å². The second-order valence-electron chi connectivity index (χ2n) is 7.90. The Balaban J connectivity index is 1.45. The van der Waals surface area contributed by atoms with Gasteiger partial charge in [-0.2, -0.15) is 0 Å². The number of hydrogen-bond donors (Lipinski definition) is 3. The number of benzene rings is 2. The predicted molar refractivity (Wildman–Crippen MR) is 119 cm³/mol. The van der Waals surface area contributed by atoms with Crippen LogP contribution in [0.25, 0.3) is 0 Å². The number of carbonyl (C=O) groups excluding carboxylic acids is 2. The van der Waals surface area contributed by atoms with Crippen LogP contribution in [0.2, 0.25) is 0 Å². The van der Waals surface area contributed by atoms with Crippen molar-refractivity contribution in [2.45, 2.75) is 39.5 Å². The molecule has 1 fully saturated rings. The molecule has 166 valence electrons. The minimum Gasteiger partial charge on any atom is -0.372 e. The van der Waals surface area contributed by atoms with Gasteiger partial charge in [-0.25, -0.2) is 9.18 Å². The van der Waals surface area contributed by atoms with Gasteiger partial charge < -0.3 is 25.6 Å². The fourth-order valence-electron chi connectivity index (χ4n) is 3.61. The monoisotopic (exact) mass is 428 g/mol. The molecular weight excluding hydrogens is 399 g/mol. The van der Waals surface area contributed by atoms with Crippen molar-refractivity contribution in [1.29, 1.82) is 0 Å². The largest absolute Gasteiger partial charge is 0.372 e. The van der Waals surface area contributed by atoms with E-state index in [9.17, 15) is 14.0 Å². The highest BCUT2D eigenvalue weighted by Gasteiger charge is 2.24. The molecule has 1 aliphatic heterocycles. The van der Waals surface area contributed by atoms with Gasteiger partial charge in [-0.15, -0.1) is 0 Å². The topological polar surface area (TPSA) is 82.7 Å². The minimum absolute atomic E-state index is 0.0396. The third kappa shape index (κ3) is 6.68. The molecule has 3 rings (SSSR count). The lowest BCUT2D eigenvalue weighted by molar-refractivity contribution is -0.120. The molecule has 3 N–H and O–H groups in total. The third-order valence-electron chi connectivity index (χ3n) is 4.95. The molecule has 3 amide bonds. The molecule has 1 aliphatic rings. The van der Waals surface area contributed by atoms with Gasteiger partial charge in [0.2, 0.25) is 5.91 Å². The first-order valence-corrected chi connectivity index (χ1v) is 10.4. The summed E-state index contributed by atoms with van der Waals surface area (Å²) in [6.45, 7) is 7.13. The van der Waals surface area contributed by atoms with Crippen LogP contribution in [0.1, 0.15) is 25.0 Å². The molecule has 0 aromatic heterocycles. The number of carbonyl (C=O) groups is 2. The lowest BCUT2D eigenvalue weighted by Crippen LogP contribution is -2.45. The summed E-state index contributed by atoms with van der Waals surface area (Å²) in [5.41, 5.74) is 2.85. The van der Waals surface area contributed by atoms with Crippen molar-refractivity contribution >= 4 is 23.3 Å². The van der Waals surface area contributed by atoms with Crippen LogP contribution in [-0.4, -0.2) is 43.8 Å². The molecule has 0 radical (unpaired) electrons. The molecule has 0 aliphatic carbocycles. The summed E-state index contributed by atoms with van der Waals surface area (Å²) in [6.07, 6.45) is 0.0791. The molecule has 2 aromatic rings. The van der Waals surface area contributed by atoms with Gasteiger partial charge in [0.15, 0.2) is 0 Å². The van der Waals surface area contributed by atoms with Crippen LogP contribution in [0.15, 0.2) is 42.5 Å². The van der Waals surface area contributed by atoms with E-state index in [0.29, 0.717) is 30.0 Å². The number of urea groups is 1. The lowest BCUT2D eigenvalue weighted by atomic mass is 10.1. The molecule has 0 saturated carbocycles. The van der Waals surface area contributed by atoms with Gasteiger partial charge in [0.1, 0.15) is 5.82 Å². The predicted octanol–water partition coefficient (Wildman–Crippen LogP) is 3.19. The Hall–Kier alpha value is -3.13. The van der Waals surface area contributed by atoms with Crippen LogP contribution in [0.5, 0.6) is 0 Å². The Bertz CT molecular complexity index is 927. The summed E-state index contributed by atoms with van der Waals surface area (Å²) < 4.78 is 20.3. The van der Waals surface area contributed by atoms with E-state index in [2.05, 4.69) is 16.0 Å². The highest BCUT2D eigenvalue weighted by Crippen LogP contribution is 2.24. The second kappa shape index (κ2) is 10.3. The lowest BCUT2D eigenvalue weighted by Gasteiger charge is -2.37. The van der Waals surface area contributed by atoms with Crippen LogP contribution >= 0.6 is 0 Å². The Morgan fingerprint density at radius 3 is 2.52 bits per heavy atom.